The third kappa shape index (κ3) is 5.27. The Bertz CT molecular complexity index is 1260. The Morgan fingerprint density at radius 3 is 2.50 bits per heavy atom. The van der Waals surface area contributed by atoms with Gasteiger partial charge in [-0.25, -0.2) is 9.18 Å². The molecule has 1 saturated heterocycles. The molecule has 1 aliphatic heterocycles. The number of rotatable bonds is 6. The second kappa shape index (κ2) is 10.1. The number of likely N-dealkylation sites (tertiary alicyclic amines) is 1. The predicted octanol–water partition coefficient (Wildman–Crippen LogP) is 3.80. The van der Waals surface area contributed by atoms with Gasteiger partial charge in [-0.15, -0.1) is 0 Å². The molecule has 0 unspecified atom stereocenters. The largest absolute Gasteiger partial charge is 0.465 e. The lowest BCUT2D eigenvalue weighted by Crippen LogP contribution is -2.42. The van der Waals surface area contributed by atoms with E-state index in [0.29, 0.717) is 53.5 Å². The SMILES string of the molecule is COC(=O)c1ccc(NC2CCN(C(=O)CCc3cc4c(C)cc(F)cc4c(=O)[nH]3)CC2)cc1. The van der Waals surface area contributed by atoms with E-state index in [1.807, 2.05) is 23.1 Å². The quantitative estimate of drug-likeness (QED) is 0.541. The molecule has 3 aromatic rings. The molecule has 1 aromatic heterocycles. The fourth-order valence-corrected chi connectivity index (χ4v) is 4.42. The lowest BCUT2D eigenvalue weighted by Gasteiger charge is -2.33. The number of hydrogen-bond donors (Lipinski definition) is 2. The predicted molar refractivity (Wildman–Crippen MR) is 129 cm³/mol. The molecular weight excluding hydrogens is 437 g/mol. The van der Waals surface area contributed by atoms with Crippen LogP contribution in [0, 0.1) is 12.7 Å². The Morgan fingerprint density at radius 2 is 1.82 bits per heavy atom. The van der Waals surface area contributed by atoms with Crippen molar-refractivity contribution in [2.45, 2.75) is 38.6 Å². The molecule has 0 spiro atoms. The number of aryl methyl sites for hydroxylation is 2. The fraction of sp³-hybridized carbons (Fsp3) is 0.346. The van der Waals surface area contributed by atoms with Crippen LogP contribution in [0.3, 0.4) is 0 Å². The summed E-state index contributed by atoms with van der Waals surface area (Å²) in [5.41, 5.74) is 2.46. The van der Waals surface area contributed by atoms with Gasteiger partial charge >= 0.3 is 5.97 Å². The van der Waals surface area contributed by atoms with Crippen LogP contribution < -0.4 is 10.9 Å². The number of pyridine rings is 1. The number of methoxy groups -OCH3 is 1. The number of benzene rings is 2. The zero-order valence-electron chi connectivity index (χ0n) is 19.3. The number of hydrogen-bond acceptors (Lipinski definition) is 5. The van der Waals surface area contributed by atoms with Crippen LogP contribution in [0.25, 0.3) is 10.8 Å². The summed E-state index contributed by atoms with van der Waals surface area (Å²) in [6, 6.07) is 11.9. The second-order valence-electron chi connectivity index (χ2n) is 8.68. The van der Waals surface area contributed by atoms with Gasteiger partial charge in [0.05, 0.1) is 18.1 Å². The van der Waals surface area contributed by atoms with Crippen molar-refractivity contribution in [2.24, 2.45) is 0 Å². The summed E-state index contributed by atoms with van der Waals surface area (Å²) in [6.45, 7) is 3.08. The number of fused-ring (bicyclic) bond motifs is 1. The molecule has 2 heterocycles. The second-order valence-corrected chi connectivity index (χ2v) is 8.68. The van der Waals surface area contributed by atoms with Gasteiger partial charge in [0.15, 0.2) is 0 Å². The molecule has 0 saturated carbocycles. The molecule has 1 fully saturated rings. The number of ether oxygens (including phenoxy) is 1. The molecule has 2 aromatic carbocycles. The van der Waals surface area contributed by atoms with Crippen molar-refractivity contribution in [2.75, 3.05) is 25.5 Å². The topological polar surface area (TPSA) is 91.5 Å². The molecule has 1 amide bonds. The Morgan fingerprint density at radius 1 is 1.12 bits per heavy atom. The standard InChI is InChI=1S/C26H28FN3O4/c1-16-13-18(27)14-23-22(16)15-21(29-25(23)32)7-8-24(31)30-11-9-20(10-12-30)28-19-5-3-17(4-6-19)26(33)34-2/h3-6,13-15,20,28H,7-12H2,1-2H3,(H,29,32). The van der Waals surface area contributed by atoms with Gasteiger partial charge in [0.25, 0.3) is 5.56 Å². The van der Waals surface area contributed by atoms with Crippen LogP contribution in [0.2, 0.25) is 0 Å². The minimum absolute atomic E-state index is 0.0534. The maximum Gasteiger partial charge on any atom is 0.337 e. The summed E-state index contributed by atoms with van der Waals surface area (Å²) in [5.74, 6) is -0.748. The summed E-state index contributed by atoms with van der Waals surface area (Å²) < 4.78 is 18.3. The van der Waals surface area contributed by atoms with Crippen molar-refractivity contribution in [1.82, 2.24) is 9.88 Å². The summed E-state index contributed by atoms with van der Waals surface area (Å²) in [6.07, 6.45) is 2.37. The van der Waals surface area contributed by atoms with Crippen LogP contribution in [0.5, 0.6) is 0 Å². The zero-order valence-corrected chi connectivity index (χ0v) is 19.3. The van der Waals surface area contributed by atoms with Gasteiger partial charge in [-0.2, -0.15) is 0 Å². The van der Waals surface area contributed by atoms with E-state index in [0.717, 1.165) is 18.5 Å². The lowest BCUT2D eigenvalue weighted by molar-refractivity contribution is -0.132. The van der Waals surface area contributed by atoms with Gasteiger partial charge in [0.1, 0.15) is 5.82 Å². The van der Waals surface area contributed by atoms with Crippen LogP contribution in [0.4, 0.5) is 10.1 Å². The van der Waals surface area contributed by atoms with Crippen molar-refractivity contribution in [3.8, 4) is 0 Å². The van der Waals surface area contributed by atoms with E-state index in [1.165, 1.54) is 19.2 Å². The van der Waals surface area contributed by atoms with Gasteiger partial charge in [-0.05, 0) is 79.6 Å². The molecule has 4 rings (SSSR count). The fourth-order valence-electron chi connectivity index (χ4n) is 4.42. The number of amides is 1. The normalized spacial score (nSPS) is 14.3. The minimum atomic E-state index is -0.436. The Kier molecular flexibility index (Phi) is 6.95. The van der Waals surface area contributed by atoms with Gasteiger partial charge in [0, 0.05) is 36.9 Å². The van der Waals surface area contributed by atoms with Crippen LogP contribution >= 0.6 is 0 Å². The number of aromatic nitrogens is 1. The molecule has 7 nitrogen and oxygen atoms in total. The maximum atomic E-state index is 13.6. The summed E-state index contributed by atoms with van der Waals surface area (Å²) in [4.78, 5) is 41.3. The van der Waals surface area contributed by atoms with Crippen molar-refractivity contribution in [3.63, 3.8) is 0 Å². The molecule has 0 radical (unpaired) electrons. The van der Waals surface area contributed by atoms with E-state index in [9.17, 15) is 18.8 Å². The molecular formula is C26H28FN3O4. The van der Waals surface area contributed by atoms with Crippen molar-refractivity contribution in [3.05, 3.63) is 75.5 Å². The van der Waals surface area contributed by atoms with E-state index in [1.54, 1.807) is 19.1 Å². The first kappa shape index (κ1) is 23.5. The number of piperidine rings is 1. The van der Waals surface area contributed by atoms with Gasteiger partial charge in [0.2, 0.25) is 5.91 Å². The third-order valence-electron chi connectivity index (χ3n) is 6.32. The molecule has 0 aliphatic carbocycles. The first-order valence-electron chi connectivity index (χ1n) is 11.4. The number of esters is 1. The average molecular weight is 466 g/mol. The van der Waals surface area contributed by atoms with Crippen LogP contribution in [0.1, 0.15) is 40.9 Å². The van der Waals surface area contributed by atoms with Gasteiger partial charge in [-0.1, -0.05) is 0 Å². The molecule has 34 heavy (non-hydrogen) atoms. The van der Waals surface area contributed by atoms with E-state index in [2.05, 4.69) is 10.3 Å². The Labute approximate surface area is 196 Å². The first-order valence-corrected chi connectivity index (χ1v) is 11.4. The summed E-state index contributed by atoms with van der Waals surface area (Å²) in [7, 11) is 1.36. The number of halogens is 1. The Hall–Kier alpha value is -3.68. The molecule has 178 valence electrons. The van der Waals surface area contributed by atoms with Crippen LogP contribution in [-0.4, -0.2) is 48.0 Å². The third-order valence-corrected chi connectivity index (χ3v) is 6.32. The lowest BCUT2D eigenvalue weighted by atomic mass is 10.0. The minimum Gasteiger partial charge on any atom is -0.465 e. The number of nitrogens with zero attached hydrogens (tertiary/aromatic N) is 1. The highest BCUT2D eigenvalue weighted by molar-refractivity contribution is 5.89. The van der Waals surface area contributed by atoms with Crippen LogP contribution in [0.15, 0.2) is 47.3 Å². The highest BCUT2D eigenvalue weighted by atomic mass is 19.1. The van der Waals surface area contributed by atoms with Gasteiger partial charge < -0.3 is 19.9 Å². The summed E-state index contributed by atoms with van der Waals surface area (Å²) >= 11 is 0. The summed E-state index contributed by atoms with van der Waals surface area (Å²) in [5, 5.41) is 4.49. The number of aromatic amines is 1. The van der Waals surface area contributed by atoms with Crippen molar-refractivity contribution >= 4 is 28.3 Å². The van der Waals surface area contributed by atoms with E-state index in [4.69, 9.17) is 4.74 Å². The van der Waals surface area contributed by atoms with E-state index >= 15 is 0 Å². The van der Waals surface area contributed by atoms with E-state index in [-0.39, 0.29) is 23.5 Å². The smallest absolute Gasteiger partial charge is 0.337 e. The highest BCUT2D eigenvalue weighted by Gasteiger charge is 2.23. The number of anilines is 1. The first-order chi connectivity index (χ1) is 16.3. The molecule has 2 N–H and O–H groups in total. The molecule has 0 atom stereocenters. The Balaban J connectivity index is 1.29. The number of H-pyrrole nitrogens is 1. The molecule has 0 bridgehead atoms. The monoisotopic (exact) mass is 465 g/mol. The molecule has 1 aliphatic rings. The number of nitrogens with one attached hydrogen (secondary N) is 2. The molecule has 8 heteroatoms. The maximum absolute atomic E-state index is 13.6. The van der Waals surface area contributed by atoms with Crippen molar-refractivity contribution in [1.29, 1.82) is 0 Å². The van der Waals surface area contributed by atoms with Crippen LogP contribution in [-0.2, 0) is 16.0 Å². The van der Waals surface area contributed by atoms with Crippen molar-refractivity contribution < 1.29 is 18.7 Å². The average Bonchev–Trinajstić information content (AvgIpc) is 2.83. The van der Waals surface area contributed by atoms with E-state index < -0.39 is 5.82 Å². The number of carbonyl (C=O) groups excluding carboxylic acids is 2. The number of carbonyl (C=O) groups is 2. The zero-order chi connectivity index (χ0) is 24.2. The highest BCUT2D eigenvalue weighted by Crippen LogP contribution is 2.20. The van der Waals surface area contributed by atoms with Gasteiger partial charge in [-0.3, -0.25) is 9.59 Å².